The Morgan fingerprint density at radius 3 is 2.89 bits per heavy atom. The van der Waals surface area contributed by atoms with Gasteiger partial charge in [-0.25, -0.2) is 0 Å². The summed E-state index contributed by atoms with van der Waals surface area (Å²) in [6, 6.07) is 3.97. The van der Waals surface area contributed by atoms with Crippen LogP contribution in [-0.4, -0.2) is 19.0 Å². The van der Waals surface area contributed by atoms with E-state index in [9.17, 15) is 0 Å². The van der Waals surface area contributed by atoms with Gasteiger partial charge in [-0.1, -0.05) is 25.4 Å². The number of nitrogens with one attached hydrogen (secondary N) is 1. The van der Waals surface area contributed by atoms with Gasteiger partial charge in [-0.3, -0.25) is 0 Å². The van der Waals surface area contributed by atoms with Gasteiger partial charge in [0.05, 0.1) is 6.61 Å². The largest absolute Gasteiger partial charge is 0.493 e. The molecule has 2 nitrogen and oxygen atoms in total. The van der Waals surface area contributed by atoms with Crippen LogP contribution in [-0.2, 0) is 13.0 Å². The average molecular weight is 288 g/mol. The maximum atomic E-state index is 6.12. The fraction of sp³-hybridized carbons (Fsp3) is 0.571. The van der Waals surface area contributed by atoms with Crippen molar-refractivity contribution in [3.8, 4) is 5.75 Å². The zero-order valence-electron chi connectivity index (χ0n) is 10.9. The van der Waals surface area contributed by atoms with Crippen molar-refractivity contribution < 1.29 is 4.74 Å². The van der Waals surface area contributed by atoms with E-state index in [2.05, 4.69) is 19.2 Å². The molecule has 2 rings (SSSR count). The van der Waals surface area contributed by atoms with Gasteiger partial charge >= 0.3 is 0 Å². The molecule has 1 N–H and O–H groups in total. The topological polar surface area (TPSA) is 21.3 Å². The molecule has 0 aromatic heterocycles. The lowest BCUT2D eigenvalue weighted by molar-refractivity contribution is 0.348. The number of rotatable bonds is 5. The number of fused-ring (bicyclic) bond motifs is 1. The lowest BCUT2D eigenvalue weighted by Gasteiger charge is -2.22. The molecule has 0 aliphatic carbocycles. The van der Waals surface area contributed by atoms with Crippen molar-refractivity contribution in [3.05, 3.63) is 28.3 Å². The third-order valence-corrected chi connectivity index (χ3v) is 4.05. The van der Waals surface area contributed by atoms with E-state index in [0.717, 1.165) is 42.5 Å². The maximum absolute atomic E-state index is 6.12. The van der Waals surface area contributed by atoms with E-state index >= 15 is 0 Å². The summed E-state index contributed by atoms with van der Waals surface area (Å²) in [5.41, 5.74) is 2.46. The first-order valence-electron chi connectivity index (χ1n) is 6.23. The summed E-state index contributed by atoms with van der Waals surface area (Å²) >= 11 is 12.0. The highest BCUT2D eigenvalue weighted by Crippen LogP contribution is 2.32. The van der Waals surface area contributed by atoms with Crippen LogP contribution in [0, 0.1) is 5.41 Å². The van der Waals surface area contributed by atoms with E-state index in [1.165, 1.54) is 5.56 Å². The molecule has 0 amide bonds. The van der Waals surface area contributed by atoms with Crippen LogP contribution in [0.1, 0.15) is 25.0 Å². The monoisotopic (exact) mass is 287 g/mol. The van der Waals surface area contributed by atoms with Gasteiger partial charge in [0.25, 0.3) is 0 Å². The molecule has 0 saturated heterocycles. The smallest absolute Gasteiger partial charge is 0.127 e. The van der Waals surface area contributed by atoms with Crippen LogP contribution < -0.4 is 10.1 Å². The van der Waals surface area contributed by atoms with Crippen molar-refractivity contribution in [2.45, 2.75) is 26.8 Å². The minimum Gasteiger partial charge on any atom is -0.493 e. The maximum Gasteiger partial charge on any atom is 0.127 e. The first kappa shape index (κ1) is 14.0. The van der Waals surface area contributed by atoms with Crippen molar-refractivity contribution in [1.82, 2.24) is 5.32 Å². The number of halogens is 2. The van der Waals surface area contributed by atoms with Crippen LogP contribution in [0.5, 0.6) is 5.75 Å². The zero-order chi connectivity index (χ0) is 13.2. The Hall–Kier alpha value is -0.440. The molecule has 0 radical (unpaired) electrons. The molecular formula is C14H19Cl2NO. The van der Waals surface area contributed by atoms with Crippen molar-refractivity contribution in [2.24, 2.45) is 5.41 Å². The van der Waals surface area contributed by atoms with Crippen LogP contribution in [0.3, 0.4) is 0 Å². The SMILES string of the molecule is CC(C)(CCl)CNCc1cc(Cl)cc2c1OCC2. The second-order valence-electron chi connectivity index (χ2n) is 5.55. The van der Waals surface area contributed by atoms with Crippen LogP contribution >= 0.6 is 23.2 Å². The average Bonchev–Trinajstić information content (AvgIpc) is 2.76. The third kappa shape index (κ3) is 3.31. The Morgan fingerprint density at radius 2 is 2.17 bits per heavy atom. The summed E-state index contributed by atoms with van der Waals surface area (Å²) in [5.74, 6) is 1.65. The second kappa shape index (κ2) is 5.68. The lowest BCUT2D eigenvalue weighted by Crippen LogP contribution is -2.30. The van der Waals surface area contributed by atoms with E-state index in [1.54, 1.807) is 0 Å². The highest BCUT2D eigenvalue weighted by molar-refractivity contribution is 6.30. The molecule has 100 valence electrons. The van der Waals surface area contributed by atoms with Gasteiger partial charge in [-0.15, -0.1) is 11.6 Å². The highest BCUT2D eigenvalue weighted by Gasteiger charge is 2.19. The molecule has 1 aromatic carbocycles. The van der Waals surface area contributed by atoms with Gasteiger partial charge in [-0.2, -0.15) is 0 Å². The second-order valence-corrected chi connectivity index (χ2v) is 6.26. The Bertz CT molecular complexity index is 432. The molecule has 0 unspecified atom stereocenters. The predicted molar refractivity (Wildman–Crippen MR) is 76.9 cm³/mol. The standard InChI is InChI=1S/C14H19Cl2NO/c1-14(2,8-15)9-17-7-11-6-12(16)5-10-3-4-18-13(10)11/h5-6,17H,3-4,7-9H2,1-2H3. The molecule has 1 aromatic rings. The van der Waals surface area contributed by atoms with Crippen molar-refractivity contribution in [3.63, 3.8) is 0 Å². The Labute approximate surface area is 119 Å². The normalized spacial score (nSPS) is 14.4. The van der Waals surface area contributed by atoms with Crippen molar-refractivity contribution in [2.75, 3.05) is 19.0 Å². The van der Waals surface area contributed by atoms with Crippen LogP contribution in [0.15, 0.2) is 12.1 Å². The third-order valence-electron chi connectivity index (χ3n) is 3.11. The molecule has 1 aliphatic heterocycles. The molecule has 0 spiro atoms. The van der Waals surface area contributed by atoms with Gasteiger partial charge in [0.1, 0.15) is 5.75 Å². The van der Waals surface area contributed by atoms with E-state index in [-0.39, 0.29) is 5.41 Å². The number of ether oxygens (including phenoxy) is 1. The summed E-state index contributed by atoms with van der Waals surface area (Å²) in [6.45, 7) is 6.69. The van der Waals surface area contributed by atoms with E-state index in [0.29, 0.717) is 5.88 Å². The molecular weight excluding hydrogens is 269 g/mol. The first-order valence-corrected chi connectivity index (χ1v) is 7.14. The van der Waals surface area contributed by atoms with Gasteiger partial charge in [-0.05, 0) is 23.1 Å². The first-order chi connectivity index (χ1) is 8.52. The Kier molecular flexibility index (Phi) is 4.41. The number of hydrogen-bond acceptors (Lipinski definition) is 2. The fourth-order valence-electron chi connectivity index (χ4n) is 2.06. The van der Waals surface area contributed by atoms with Crippen LogP contribution in [0.25, 0.3) is 0 Å². The zero-order valence-corrected chi connectivity index (χ0v) is 12.4. The molecule has 1 aliphatic rings. The molecule has 0 saturated carbocycles. The minimum absolute atomic E-state index is 0.101. The summed E-state index contributed by atoms with van der Waals surface area (Å²) in [4.78, 5) is 0. The Morgan fingerprint density at radius 1 is 1.39 bits per heavy atom. The summed E-state index contributed by atoms with van der Waals surface area (Å²) in [6.07, 6.45) is 0.954. The molecule has 4 heteroatoms. The molecule has 18 heavy (non-hydrogen) atoms. The van der Waals surface area contributed by atoms with E-state index in [4.69, 9.17) is 27.9 Å². The summed E-state index contributed by atoms with van der Waals surface area (Å²) < 4.78 is 5.67. The summed E-state index contributed by atoms with van der Waals surface area (Å²) in [7, 11) is 0. The van der Waals surface area contributed by atoms with E-state index < -0.39 is 0 Å². The summed E-state index contributed by atoms with van der Waals surface area (Å²) in [5, 5.41) is 4.21. The van der Waals surface area contributed by atoms with Gasteiger partial charge < -0.3 is 10.1 Å². The highest BCUT2D eigenvalue weighted by atomic mass is 35.5. The molecule has 0 atom stereocenters. The van der Waals surface area contributed by atoms with Crippen molar-refractivity contribution >= 4 is 23.2 Å². The van der Waals surface area contributed by atoms with E-state index in [1.807, 2.05) is 12.1 Å². The predicted octanol–water partition coefficient (Wildman–Crippen LogP) is 3.63. The van der Waals surface area contributed by atoms with Crippen LogP contribution in [0.4, 0.5) is 0 Å². The number of hydrogen-bond donors (Lipinski definition) is 1. The quantitative estimate of drug-likeness (QED) is 0.835. The lowest BCUT2D eigenvalue weighted by atomic mass is 9.96. The minimum atomic E-state index is 0.101. The van der Waals surface area contributed by atoms with Gasteiger partial charge in [0.2, 0.25) is 0 Å². The number of alkyl halides is 1. The fourth-order valence-corrected chi connectivity index (χ4v) is 2.42. The van der Waals surface area contributed by atoms with Crippen molar-refractivity contribution in [1.29, 1.82) is 0 Å². The van der Waals surface area contributed by atoms with Crippen LogP contribution in [0.2, 0.25) is 5.02 Å². The number of benzene rings is 1. The Balaban J connectivity index is 2.02. The van der Waals surface area contributed by atoms with Gasteiger partial charge in [0.15, 0.2) is 0 Å². The van der Waals surface area contributed by atoms with Gasteiger partial charge in [0, 0.05) is 36.0 Å². The molecule has 1 heterocycles. The molecule has 0 fully saturated rings. The molecule has 0 bridgehead atoms.